The molecule has 162 valence electrons. The van der Waals surface area contributed by atoms with Crippen LogP contribution in [0.4, 0.5) is 4.79 Å². The summed E-state index contributed by atoms with van der Waals surface area (Å²) in [6, 6.07) is 12.6. The van der Waals surface area contributed by atoms with Gasteiger partial charge in [0.25, 0.3) is 11.8 Å². The molecule has 0 saturated carbocycles. The lowest BCUT2D eigenvalue weighted by atomic mass is 9.88. The monoisotopic (exact) mass is 421 g/mol. The van der Waals surface area contributed by atoms with Crippen LogP contribution in [0.3, 0.4) is 0 Å². The molecule has 1 atom stereocenters. The number of likely N-dealkylation sites (tertiary alicyclic amines) is 1. The van der Waals surface area contributed by atoms with E-state index < -0.39 is 11.6 Å². The van der Waals surface area contributed by atoms with Crippen LogP contribution >= 0.6 is 0 Å². The van der Waals surface area contributed by atoms with Crippen molar-refractivity contribution in [2.45, 2.75) is 38.8 Å². The van der Waals surface area contributed by atoms with E-state index in [0.717, 1.165) is 16.7 Å². The van der Waals surface area contributed by atoms with Crippen molar-refractivity contribution in [3.05, 3.63) is 64.7 Å². The second-order valence-electron chi connectivity index (χ2n) is 8.40. The van der Waals surface area contributed by atoms with E-state index in [2.05, 4.69) is 5.32 Å². The van der Waals surface area contributed by atoms with Crippen molar-refractivity contribution in [3.63, 3.8) is 0 Å². The van der Waals surface area contributed by atoms with Crippen LogP contribution in [-0.4, -0.2) is 53.4 Å². The number of rotatable bonds is 4. The Labute approximate surface area is 182 Å². The van der Waals surface area contributed by atoms with Crippen LogP contribution in [0.15, 0.2) is 42.5 Å². The van der Waals surface area contributed by atoms with Gasteiger partial charge in [0.1, 0.15) is 11.3 Å². The zero-order chi connectivity index (χ0) is 22.2. The number of hydrogen-bond acceptors (Lipinski definition) is 4. The van der Waals surface area contributed by atoms with Gasteiger partial charge in [0.15, 0.2) is 0 Å². The largest absolute Gasteiger partial charge is 0.497 e. The van der Waals surface area contributed by atoms with Crippen LogP contribution in [0, 0.1) is 13.8 Å². The number of methoxy groups -OCH3 is 1. The van der Waals surface area contributed by atoms with Crippen molar-refractivity contribution in [3.8, 4) is 5.75 Å². The quantitative estimate of drug-likeness (QED) is 0.770. The van der Waals surface area contributed by atoms with Crippen molar-refractivity contribution in [1.82, 2.24) is 15.1 Å². The topological polar surface area (TPSA) is 79.0 Å². The molecular weight excluding hydrogens is 394 g/mol. The number of ether oxygens (including phenoxy) is 1. The van der Waals surface area contributed by atoms with E-state index in [4.69, 9.17) is 4.74 Å². The van der Waals surface area contributed by atoms with Gasteiger partial charge < -0.3 is 15.0 Å². The third-order valence-electron chi connectivity index (χ3n) is 6.18. The van der Waals surface area contributed by atoms with Crippen LogP contribution in [0.1, 0.15) is 39.9 Å². The average molecular weight is 421 g/mol. The van der Waals surface area contributed by atoms with Crippen LogP contribution in [0.25, 0.3) is 0 Å². The Hall–Kier alpha value is -3.35. The molecule has 0 bridgehead atoms. The number of hydrogen-bond donors (Lipinski definition) is 1. The Bertz CT molecular complexity index is 1050. The molecule has 0 radical (unpaired) electrons. The number of urea groups is 1. The Kier molecular flexibility index (Phi) is 5.43. The van der Waals surface area contributed by atoms with Gasteiger partial charge >= 0.3 is 6.03 Å². The molecule has 0 unspecified atom stereocenters. The van der Waals surface area contributed by atoms with Gasteiger partial charge in [-0.25, -0.2) is 4.79 Å². The maximum Gasteiger partial charge on any atom is 0.325 e. The second kappa shape index (κ2) is 8.06. The van der Waals surface area contributed by atoms with Gasteiger partial charge in [0.2, 0.25) is 0 Å². The lowest BCUT2D eigenvalue weighted by Crippen LogP contribution is -2.59. The predicted octanol–water partition coefficient (Wildman–Crippen LogP) is 3.04. The molecule has 2 saturated heterocycles. The maximum atomic E-state index is 13.4. The summed E-state index contributed by atoms with van der Waals surface area (Å²) in [6.07, 6.45) is 1.15. The number of amides is 4. The molecule has 1 N–H and O–H groups in total. The summed E-state index contributed by atoms with van der Waals surface area (Å²) < 4.78 is 5.22. The predicted molar refractivity (Wildman–Crippen MR) is 116 cm³/mol. The van der Waals surface area contributed by atoms with Crippen LogP contribution < -0.4 is 10.1 Å². The highest BCUT2D eigenvalue weighted by Gasteiger charge is 2.53. The Morgan fingerprint density at radius 2 is 1.97 bits per heavy atom. The molecule has 7 nitrogen and oxygen atoms in total. The van der Waals surface area contributed by atoms with E-state index in [9.17, 15) is 14.4 Å². The van der Waals surface area contributed by atoms with E-state index in [1.54, 1.807) is 36.3 Å². The summed E-state index contributed by atoms with van der Waals surface area (Å²) >= 11 is 0. The van der Waals surface area contributed by atoms with Crippen molar-refractivity contribution in [1.29, 1.82) is 0 Å². The molecule has 0 aliphatic carbocycles. The molecule has 4 rings (SSSR count). The molecule has 2 aliphatic heterocycles. The third-order valence-corrected chi connectivity index (χ3v) is 6.18. The van der Waals surface area contributed by atoms with Gasteiger partial charge in [0, 0.05) is 12.1 Å². The standard InChI is InChI=1S/C24H27N3O4/c1-16-8-9-17(2)19(12-16)14-27-22(29)24(25-23(27)30)10-5-11-26(15-24)21(28)18-6-4-7-20(13-18)31-3/h4,6-9,12-13H,5,10-11,14-15H2,1-3H3,(H,25,30)/t24-/m0/s1. The first-order chi connectivity index (χ1) is 14.8. The minimum Gasteiger partial charge on any atom is -0.497 e. The first-order valence-electron chi connectivity index (χ1n) is 10.5. The highest BCUT2D eigenvalue weighted by molar-refractivity contribution is 6.07. The third kappa shape index (κ3) is 3.87. The van der Waals surface area contributed by atoms with Gasteiger partial charge in [-0.3, -0.25) is 14.5 Å². The average Bonchev–Trinajstić information content (AvgIpc) is 2.99. The van der Waals surface area contributed by atoms with Crippen molar-refractivity contribution < 1.29 is 19.1 Å². The number of nitrogens with zero attached hydrogens (tertiary/aromatic N) is 2. The summed E-state index contributed by atoms with van der Waals surface area (Å²) in [6.45, 7) is 4.89. The van der Waals surface area contributed by atoms with Crippen LogP contribution in [0.5, 0.6) is 5.75 Å². The summed E-state index contributed by atoms with van der Waals surface area (Å²) in [5, 5.41) is 2.90. The summed E-state index contributed by atoms with van der Waals surface area (Å²) in [5.74, 6) is 0.164. The smallest absolute Gasteiger partial charge is 0.325 e. The number of piperidine rings is 1. The van der Waals surface area contributed by atoms with Gasteiger partial charge in [0.05, 0.1) is 20.2 Å². The van der Waals surface area contributed by atoms with Gasteiger partial charge in [-0.2, -0.15) is 0 Å². The van der Waals surface area contributed by atoms with Gasteiger partial charge in [-0.15, -0.1) is 0 Å². The number of carbonyl (C=O) groups excluding carboxylic acids is 3. The molecule has 2 heterocycles. The van der Waals surface area contributed by atoms with E-state index in [1.165, 1.54) is 4.90 Å². The molecule has 31 heavy (non-hydrogen) atoms. The zero-order valence-electron chi connectivity index (χ0n) is 18.1. The SMILES string of the molecule is COc1cccc(C(=O)N2CCC[C@@]3(C2)NC(=O)N(Cc2cc(C)ccc2C)C3=O)c1. The highest BCUT2D eigenvalue weighted by Crippen LogP contribution is 2.31. The molecule has 2 aromatic rings. The van der Waals surface area contributed by atoms with Crippen LogP contribution in [0.2, 0.25) is 0 Å². The highest BCUT2D eigenvalue weighted by atomic mass is 16.5. The van der Waals surface area contributed by atoms with E-state index in [-0.39, 0.29) is 24.9 Å². The fourth-order valence-corrected chi connectivity index (χ4v) is 4.40. The Balaban J connectivity index is 1.54. The van der Waals surface area contributed by atoms with E-state index in [1.807, 2.05) is 32.0 Å². The normalized spacial score (nSPS) is 20.9. The first kappa shape index (κ1) is 20.9. The lowest BCUT2D eigenvalue weighted by molar-refractivity contribution is -0.133. The second-order valence-corrected chi connectivity index (χ2v) is 8.40. The molecule has 1 spiro atoms. The summed E-state index contributed by atoms with van der Waals surface area (Å²) in [7, 11) is 1.55. The number of carbonyl (C=O) groups is 3. The van der Waals surface area contributed by atoms with Crippen LogP contribution in [-0.2, 0) is 11.3 Å². The molecule has 7 heteroatoms. The number of benzene rings is 2. The van der Waals surface area contributed by atoms with Crippen molar-refractivity contribution in [2.75, 3.05) is 20.2 Å². The number of nitrogens with one attached hydrogen (secondary N) is 1. The fourth-order valence-electron chi connectivity index (χ4n) is 4.40. The summed E-state index contributed by atoms with van der Waals surface area (Å²) in [5.41, 5.74) is 2.49. The Morgan fingerprint density at radius 1 is 1.16 bits per heavy atom. The molecule has 0 aromatic heterocycles. The molecular formula is C24H27N3O4. The molecule has 4 amide bonds. The number of imide groups is 1. The van der Waals surface area contributed by atoms with Gasteiger partial charge in [-0.05, 0) is 56.0 Å². The minimum atomic E-state index is -1.07. The molecule has 2 fully saturated rings. The number of aryl methyl sites for hydroxylation is 2. The molecule has 2 aliphatic rings. The first-order valence-corrected chi connectivity index (χ1v) is 10.5. The van der Waals surface area contributed by atoms with E-state index >= 15 is 0 Å². The Morgan fingerprint density at radius 3 is 2.74 bits per heavy atom. The van der Waals surface area contributed by atoms with Crippen molar-refractivity contribution in [2.24, 2.45) is 0 Å². The minimum absolute atomic E-state index is 0.164. The van der Waals surface area contributed by atoms with E-state index in [0.29, 0.717) is 30.7 Å². The molecule has 2 aromatic carbocycles. The lowest BCUT2D eigenvalue weighted by Gasteiger charge is -2.38. The van der Waals surface area contributed by atoms with Crippen molar-refractivity contribution >= 4 is 17.8 Å². The summed E-state index contributed by atoms with van der Waals surface area (Å²) in [4.78, 5) is 42.2. The fraction of sp³-hybridized carbons (Fsp3) is 0.375. The maximum absolute atomic E-state index is 13.4. The zero-order valence-corrected chi connectivity index (χ0v) is 18.1. The van der Waals surface area contributed by atoms with Gasteiger partial charge in [-0.1, -0.05) is 29.8 Å².